The lowest BCUT2D eigenvalue weighted by molar-refractivity contribution is 0.813. The Balaban J connectivity index is 0.000000561. The summed E-state index contributed by atoms with van der Waals surface area (Å²) in [6, 6.07) is 10.0. The van der Waals surface area contributed by atoms with Crippen LogP contribution < -0.4 is 5.73 Å². The van der Waals surface area contributed by atoms with E-state index in [-0.39, 0.29) is 5.28 Å². The van der Waals surface area contributed by atoms with Gasteiger partial charge in [0.1, 0.15) is 5.52 Å². The molecule has 0 amide bonds. The molecule has 0 saturated carbocycles. The van der Waals surface area contributed by atoms with Gasteiger partial charge < -0.3 is 10.3 Å². The summed E-state index contributed by atoms with van der Waals surface area (Å²) in [5, 5.41) is 0.134. The third-order valence-electron chi connectivity index (χ3n) is 2.66. The molecule has 6 heteroatoms. The number of anilines is 1. The topological polar surface area (TPSA) is 69.6 Å². The molecule has 0 spiro atoms. The van der Waals surface area contributed by atoms with E-state index in [4.69, 9.17) is 17.3 Å². The second kappa shape index (κ2) is 9.00. The molecule has 0 aliphatic heterocycles. The predicted octanol–water partition coefficient (Wildman–Crippen LogP) is 4.16. The first-order valence-electron chi connectivity index (χ1n) is 7.42. The number of nitrogen functional groups attached to an aromatic ring is 1. The minimum atomic E-state index is 0.134. The molecule has 22 heavy (non-hydrogen) atoms. The number of fused-ring (bicyclic) bond motifs is 1. The Morgan fingerprint density at radius 2 is 1.68 bits per heavy atom. The highest BCUT2D eigenvalue weighted by molar-refractivity contribution is 6.28. The molecule has 0 unspecified atom stereocenters. The Kier molecular flexibility index (Phi) is 7.32. The number of benzene rings is 1. The van der Waals surface area contributed by atoms with Crippen molar-refractivity contribution in [3.05, 3.63) is 47.5 Å². The van der Waals surface area contributed by atoms with Crippen LogP contribution in [0.3, 0.4) is 0 Å². The fourth-order valence-electron chi connectivity index (χ4n) is 1.83. The zero-order chi connectivity index (χ0) is 16.5. The molecule has 0 aliphatic carbocycles. The molecule has 1 aromatic carbocycles. The second-order valence-electron chi connectivity index (χ2n) is 3.91. The Hall–Kier alpha value is -2.14. The van der Waals surface area contributed by atoms with Crippen molar-refractivity contribution in [2.24, 2.45) is 0 Å². The van der Waals surface area contributed by atoms with E-state index in [9.17, 15) is 0 Å². The van der Waals surface area contributed by atoms with E-state index in [1.165, 1.54) is 0 Å². The molecule has 0 saturated heterocycles. The molecule has 0 bridgehead atoms. The third kappa shape index (κ3) is 4.18. The summed E-state index contributed by atoms with van der Waals surface area (Å²) in [4.78, 5) is 12.3. The van der Waals surface area contributed by atoms with Gasteiger partial charge in [-0.15, -0.1) is 0 Å². The molecule has 118 valence electrons. The van der Waals surface area contributed by atoms with E-state index >= 15 is 0 Å². The Bertz CT molecular complexity index is 694. The van der Waals surface area contributed by atoms with Crippen molar-refractivity contribution in [3.63, 3.8) is 0 Å². The van der Waals surface area contributed by atoms with Gasteiger partial charge in [0.2, 0.25) is 5.28 Å². The first-order chi connectivity index (χ1) is 10.7. The lowest BCUT2D eigenvalue weighted by Crippen LogP contribution is -2.01. The van der Waals surface area contributed by atoms with E-state index < -0.39 is 0 Å². The van der Waals surface area contributed by atoms with Crippen LogP contribution in [-0.2, 0) is 6.54 Å². The van der Waals surface area contributed by atoms with Crippen molar-refractivity contribution >= 4 is 28.6 Å². The highest BCUT2D eigenvalue weighted by Gasteiger charge is 2.10. The Morgan fingerprint density at radius 1 is 1.05 bits per heavy atom. The number of halogens is 1. The summed E-state index contributed by atoms with van der Waals surface area (Å²) < 4.78 is 1.90. The average molecular weight is 320 g/mol. The van der Waals surface area contributed by atoms with E-state index in [1.54, 1.807) is 6.33 Å². The van der Waals surface area contributed by atoms with Crippen molar-refractivity contribution in [1.82, 2.24) is 19.5 Å². The lowest BCUT2D eigenvalue weighted by atomic mass is 10.2. The first-order valence-corrected chi connectivity index (χ1v) is 7.79. The van der Waals surface area contributed by atoms with Gasteiger partial charge in [0.05, 0.1) is 12.9 Å². The average Bonchev–Trinajstić information content (AvgIpc) is 2.95. The van der Waals surface area contributed by atoms with E-state index in [0.29, 0.717) is 23.5 Å². The molecule has 2 aromatic heterocycles. The standard InChI is InChI=1S/C12H10ClN5.2C2H6/c13-12-16-10(14)9-11(17-12)18(7-15-9)6-8-4-2-1-3-5-8;2*1-2/h1-5,7H,6H2,(H2,14,16,17);2*1-2H3. The van der Waals surface area contributed by atoms with E-state index in [1.807, 2.05) is 62.6 Å². The maximum atomic E-state index is 5.81. The Morgan fingerprint density at radius 3 is 2.32 bits per heavy atom. The quantitative estimate of drug-likeness (QED) is 0.720. The van der Waals surface area contributed by atoms with Gasteiger partial charge in [0.15, 0.2) is 11.5 Å². The van der Waals surface area contributed by atoms with Crippen LogP contribution in [0.25, 0.3) is 11.2 Å². The Labute approximate surface area is 136 Å². The molecule has 0 aliphatic rings. The minimum Gasteiger partial charge on any atom is -0.382 e. The molecule has 3 rings (SSSR count). The van der Waals surface area contributed by atoms with Gasteiger partial charge in [-0.2, -0.15) is 9.97 Å². The molecule has 5 nitrogen and oxygen atoms in total. The molecule has 2 N–H and O–H groups in total. The number of rotatable bonds is 2. The summed E-state index contributed by atoms with van der Waals surface area (Å²) in [6.07, 6.45) is 1.69. The van der Waals surface area contributed by atoms with Crippen LogP contribution in [0.1, 0.15) is 33.3 Å². The summed E-state index contributed by atoms with van der Waals surface area (Å²) in [7, 11) is 0. The maximum Gasteiger partial charge on any atom is 0.226 e. The molecule has 0 radical (unpaired) electrons. The van der Waals surface area contributed by atoms with Gasteiger partial charge in [-0.1, -0.05) is 58.0 Å². The van der Waals surface area contributed by atoms with Crippen molar-refractivity contribution in [2.45, 2.75) is 34.2 Å². The van der Waals surface area contributed by atoms with Crippen LogP contribution in [0.5, 0.6) is 0 Å². The van der Waals surface area contributed by atoms with Crippen molar-refractivity contribution in [3.8, 4) is 0 Å². The fraction of sp³-hybridized carbons (Fsp3) is 0.312. The number of aromatic nitrogens is 4. The molecule has 0 atom stereocenters. The maximum absolute atomic E-state index is 5.81. The number of nitrogens with two attached hydrogens (primary N) is 1. The number of hydrogen-bond donors (Lipinski definition) is 1. The number of imidazole rings is 1. The van der Waals surface area contributed by atoms with E-state index in [0.717, 1.165) is 5.56 Å². The van der Waals surface area contributed by atoms with Crippen LogP contribution in [0.4, 0.5) is 5.82 Å². The zero-order valence-corrected chi connectivity index (χ0v) is 14.2. The van der Waals surface area contributed by atoms with Crippen LogP contribution in [0, 0.1) is 0 Å². The van der Waals surface area contributed by atoms with Gasteiger partial charge >= 0.3 is 0 Å². The number of nitrogens with zero attached hydrogens (tertiary/aromatic N) is 4. The molecule has 3 aromatic rings. The zero-order valence-electron chi connectivity index (χ0n) is 13.4. The third-order valence-corrected chi connectivity index (χ3v) is 2.83. The van der Waals surface area contributed by atoms with Gasteiger partial charge in [-0.3, -0.25) is 0 Å². The van der Waals surface area contributed by atoms with Gasteiger partial charge in [0, 0.05) is 0 Å². The van der Waals surface area contributed by atoms with Crippen molar-refractivity contribution < 1.29 is 0 Å². The second-order valence-corrected chi connectivity index (χ2v) is 4.25. The van der Waals surface area contributed by atoms with Crippen LogP contribution in [0.2, 0.25) is 5.28 Å². The summed E-state index contributed by atoms with van der Waals surface area (Å²) >= 11 is 5.81. The largest absolute Gasteiger partial charge is 0.382 e. The monoisotopic (exact) mass is 319 g/mol. The first kappa shape index (κ1) is 17.9. The predicted molar refractivity (Wildman–Crippen MR) is 93.0 cm³/mol. The minimum absolute atomic E-state index is 0.134. The van der Waals surface area contributed by atoms with Crippen molar-refractivity contribution in [1.29, 1.82) is 0 Å². The van der Waals surface area contributed by atoms with Gasteiger partial charge in [-0.05, 0) is 17.2 Å². The van der Waals surface area contributed by atoms with Crippen molar-refractivity contribution in [2.75, 3.05) is 5.73 Å². The van der Waals surface area contributed by atoms with Gasteiger partial charge in [0.25, 0.3) is 0 Å². The lowest BCUT2D eigenvalue weighted by Gasteiger charge is -2.04. The number of hydrogen-bond acceptors (Lipinski definition) is 4. The normalized spacial score (nSPS) is 9.50. The molecular formula is C16H22ClN5. The SMILES string of the molecule is CC.CC.Nc1nc(Cl)nc2c1ncn2Cc1ccccc1. The summed E-state index contributed by atoms with van der Waals surface area (Å²) in [6.45, 7) is 8.67. The van der Waals surface area contributed by atoms with Crippen LogP contribution in [-0.4, -0.2) is 19.5 Å². The van der Waals surface area contributed by atoms with Gasteiger partial charge in [-0.25, -0.2) is 4.98 Å². The molecule has 2 heterocycles. The molecular weight excluding hydrogens is 298 g/mol. The highest BCUT2D eigenvalue weighted by Crippen LogP contribution is 2.18. The summed E-state index contributed by atoms with van der Waals surface area (Å²) in [5.41, 5.74) is 8.14. The highest BCUT2D eigenvalue weighted by atomic mass is 35.5. The fourth-order valence-corrected chi connectivity index (χ4v) is 2.01. The summed E-state index contributed by atoms with van der Waals surface area (Å²) in [5.74, 6) is 0.303. The molecule has 0 fully saturated rings. The van der Waals surface area contributed by atoms with E-state index in [2.05, 4.69) is 15.0 Å². The van der Waals surface area contributed by atoms with Crippen LogP contribution in [0.15, 0.2) is 36.7 Å². The van der Waals surface area contributed by atoms with Crippen LogP contribution >= 0.6 is 11.6 Å². The smallest absolute Gasteiger partial charge is 0.226 e.